The lowest BCUT2D eigenvalue weighted by molar-refractivity contribution is -0.145. The molecule has 2 rings (SSSR count). The molecule has 0 aromatic heterocycles. The minimum atomic E-state index is -0.263. The third kappa shape index (κ3) is 10.5. The van der Waals surface area contributed by atoms with Crippen molar-refractivity contribution in [1.82, 2.24) is 0 Å². The van der Waals surface area contributed by atoms with E-state index in [1.165, 1.54) is 0 Å². The quantitative estimate of drug-likeness (QED) is 0.196. The number of ether oxygens (including phenoxy) is 2. The topological polar surface area (TPSA) is 93.1 Å². The molecule has 0 saturated heterocycles. The number of esters is 2. The van der Waals surface area contributed by atoms with Crippen LogP contribution in [0, 0.1) is 13.8 Å². The number of hydrogen-bond donors (Lipinski definition) is 2. The smallest absolute Gasteiger partial charge is 0.306 e. The number of phenols is 2. The molecule has 0 aliphatic rings. The summed E-state index contributed by atoms with van der Waals surface area (Å²) in [4.78, 5) is 24.4. The lowest BCUT2D eigenvalue weighted by atomic mass is 9.83. The highest BCUT2D eigenvalue weighted by Crippen LogP contribution is 2.36. The van der Waals surface area contributed by atoms with Gasteiger partial charge in [0.05, 0.1) is 13.2 Å². The van der Waals surface area contributed by atoms with Crippen molar-refractivity contribution < 1.29 is 29.3 Å². The predicted octanol–water partition coefficient (Wildman–Crippen LogP) is 7.52. The summed E-state index contributed by atoms with van der Waals surface area (Å²) in [5.41, 5.74) is 5.12. The van der Waals surface area contributed by atoms with Crippen LogP contribution < -0.4 is 0 Å². The largest absolute Gasteiger partial charge is 0.507 e. The number of rotatable bonds is 13. The molecule has 0 aliphatic carbocycles. The summed E-state index contributed by atoms with van der Waals surface area (Å²) >= 11 is 0. The number of aryl methyl sites for hydroxylation is 4. The molecule has 2 aromatic carbocycles. The van der Waals surface area contributed by atoms with Crippen LogP contribution >= 0.6 is 0 Å². The molecule has 2 aromatic rings. The Kier molecular flexibility index (Phi) is 12.1. The molecule has 6 heteroatoms. The Balaban J connectivity index is 1.61. The third-order valence-corrected chi connectivity index (χ3v) is 7.04. The summed E-state index contributed by atoms with van der Waals surface area (Å²) in [6.45, 7) is 17.1. The first-order chi connectivity index (χ1) is 18.6. The zero-order valence-electron chi connectivity index (χ0n) is 25.9. The number of phenolic OH excluding ortho intramolecular Hbond substituents is 2. The second kappa shape index (κ2) is 14.6. The summed E-state index contributed by atoms with van der Waals surface area (Å²) in [6.07, 6.45) is 4.63. The molecule has 0 heterocycles. The molecular weight excluding hydrogens is 504 g/mol. The number of benzene rings is 2. The summed E-state index contributed by atoms with van der Waals surface area (Å²) in [5, 5.41) is 21.3. The van der Waals surface area contributed by atoms with Gasteiger partial charge in [-0.05, 0) is 85.5 Å². The van der Waals surface area contributed by atoms with E-state index in [1.807, 2.05) is 38.1 Å². The van der Waals surface area contributed by atoms with E-state index < -0.39 is 0 Å². The van der Waals surface area contributed by atoms with Crippen LogP contribution in [0.4, 0.5) is 0 Å². The van der Waals surface area contributed by atoms with Gasteiger partial charge in [-0.1, -0.05) is 76.9 Å². The maximum Gasteiger partial charge on any atom is 0.306 e. The minimum absolute atomic E-state index is 0.175. The second-order valence-corrected chi connectivity index (χ2v) is 13.0. The molecule has 6 nitrogen and oxygen atoms in total. The highest BCUT2D eigenvalue weighted by atomic mass is 16.5. The van der Waals surface area contributed by atoms with E-state index >= 15 is 0 Å². The lowest BCUT2D eigenvalue weighted by Gasteiger charge is -2.23. The van der Waals surface area contributed by atoms with Gasteiger partial charge < -0.3 is 19.7 Å². The van der Waals surface area contributed by atoms with Gasteiger partial charge in [0.15, 0.2) is 0 Å². The zero-order valence-corrected chi connectivity index (χ0v) is 25.9. The average Bonchev–Trinajstić information content (AvgIpc) is 2.84. The van der Waals surface area contributed by atoms with Crippen LogP contribution in [0.1, 0.15) is 113 Å². The highest BCUT2D eigenvalue weighted by Gasteiger charge is 2.22. The molecule has 0 unspecified atom stereocenters. The monoisotopic (exact) mass is 554 g/mol. The predicted molar refractivity (Wildman–Crippen MR) is 160 cm³/mol. The normalized spacial score (nSPS) is 11.9. The first-order valence-electron chi connectivity index (χ1n) is 14.6. The molecule has 0 atom stereocenters. The molecule has 0 bridgehead atoms. The summed E-state index contributed by atoms with van der Waals surface area (Å²) in [7, 11) is 0. The van der Waals surface area contributed by atoms with Gasteiger partial charge in [-0.25, -0.2) is 0 Å². The SMILES string of the molecule is Cc1cc(CCC(=O)OCCCCCCOC(=O)CCc2cc(C)cc(C(C)(C)C)c2O)c(O)c(C(C)(C)C)c1. The van der Waals surface area contributed by atoms with E-state index in [4.69, 9.17) is 9.47 Å². The number of hydrogen-bond acceptors (Lipinski definition) is 6. The lowest BCUT2D eigenvalue weighted by Crippen LogP contribution is -2.13. The summed E-state index contributed by atoms with van der Waals surface area (Å²) < 4.78 is 10.7. The van der Waals surface area contributed by atoms with Crippen molar-refractivity contribution in [2.75, 3.05) is 13.2 Å². The zero-order chi connectivity index (χ0) is 30.1. The first-order valence-corrected chi connectivity index (χ1v) is 14.6. The third-order valence-electron chi connectivity index (χ3n) is 7.04. The Bertz CT molecular complexity index is 1060. The van der Waals surface area contributed by atoms with Gasteiger partial charge in [-0.3, -0.25) is 9.59 Å². The highest BCUT2D eigenvalue weighted by molar-refractivity contribution is 5.70. The Labute approximate surface area is 241 Å². The van der Waals surface area contributed by atoms with Crippen LogP contribution in [0.2, 0.25) is 0 Å². The van der Waals surface area contributed by atoms with Crippen molar-refractivity contribution in [2.45, 2.75) is 118 Å². The Morgan fingerprint density at radius 3 is 1.30 bits per heavy atom. The van der Waals surface area contributed by atoms with Gasteiger partial charge in [0.2, 0.25) is 0 Å². The molecule has 222 valence electrons. The number of unbranched alkanes of at least 4 members (excludes halogenated alkanes) is 3. The van der Waals surface area contributed by atoms with E-state index in [9.17, 15) is 19.8 Å². The van der Waals surface area contributed by atoms with Crippen LogP contribution in [0.3, 0.4) is 0 Å². The van der Waals surface area contributed by atoms with Gasteiger partial charge in [0, 0.05) is 12.8 Å². The van der Waals surface area contributed by atoms with Crippen molar-refractivity contribution >= 4 is 11.9 Å². The van der Waals surface area contributed by atoms with Crippen molar-refractivity contribution in [2.24, 2.45) is 0 Å². The van der Waals surface area contributed by atoms with E-state index in [0.717, 1.165) is 59.1 Å². The summed E-state index contributed by atoms with van der Waals surface area (Å²) in [5.74, 6) is 0.0204. The fraction of sp³-hybridized carbons (Fsp3) is 0.588. The van der Waals surface area contributed by atoms with Gasteiger partial charge >= 0.3 is 11.9 Å². The molecule has 2 N–H and O–H groups in total. The standard InChI is InChI=1S/C34H50O6/c1-23-19-25(31(37)27(21-23)33(3,4)5)13-15-29(35)39-17-11-9-10-12-18-40-30(36)16-14-26-20-24(2)22-28(32(26)38)34(6,7)8/h19-22,37-38H,9-18H2,1-8H3. The van der Waals surface area contributed by atoms with Gasteiger partial charge in [0.1, 0.15) is 11.5 Å². The molecule has 0 radical (unpaired) electrons. The fourth-order valence-electron chi connectivity index (χ4n) is 4.78. The van der Waals surface area contributed by atoms with E-state index in [-0.39, 0.29) is 47.1 Å². The number of carbonyl (C=O) groups is 2. The molecule has 40 heavy (non-hydrogen) atoms. The Morgan fingerprint density at radius 1 is 0.625 bits per heavy atom. The van der Waals surface area contributed by atoms with Crippen LogP contribution in [0.5, 0.6) is 11.5 Å². The molecule has 0 aliphatic heterocycles. The molecule has 0 spiro atoms. The average molecular weight is 555 g/mol. The van der Waals surface area contributed by atoms with Crippen LogP contribution in [-0.4, -0.2) is 35.4 Å². The maximum atomic E-state index is 12.2. The molecule has 0 fully saturated rings. The van der Waals surface area contributed by atoms with Crippen molar-refractivity contribution in [3.05, 3.63) is 57.6 Å². The Morgan fingerprint density at radius 2 is 0.975 bits per heavy atom. The number of aromatic hydroxyl groups is 2. The molecular formula is C34H50O6. The minimum Gasteiger partial charge on any atom is -0.507 e. The van der Waals surface area contributed by atoms with Crippen LogP contribution in [0.25, 0.3) is 0 Å². The van der Waals surface area contributed by atoms with Gasteiger partial charge in [-0.15, -0.1) is 0 Å². The van der Waals surface area contributed by atoms with Crippen molar-refractivity contribution in [3.63, 3.8) is 0 Å². The van der Waals surface area contributed by atoms with E-state index in [0.29, 0.717) is 26.1 Å². The van der Waals surface area contributed by atoms with E-state index in [1.54, 1.807) is 0 Å². The summed E-state index contributed by atoms with van der Waals surface area (Å²) in [6, 6.07) is 7.86. The number of carbonyl (C=O) groups excluding carboxylic acids is 2. The van der Waals surface area contributed by atoms with Crippen molar-refractivity contribution in [3.8, 4) is 11.5 Å². The molecule has 0 saturated carbocycles. The first kappa shape index (κ1) is 33.2. The van der Waals surface area contributed by atoms with Crippen LogP contribution in [0.15, 0.2) is 24.3 Å². The second-order valence-electron chi connectivity index (χ2n) is 13.0. The maximum absolute atomic E-state index is 12.2. The van der Waals surface area contributed by atoms with Crippen LogP contribution in [-0.2, 0) is 42.7 Å². The molecule has 0 amide bonds. The van der Waals surface area contributed by atoms with E-state index in [2.05, 4.69) is 41.5 Å². The Hall–Kier alpha value is -3.02. The van der Waals surface area contributed by atoms with Gasteiger partial charge in [0.25, 0.3) is 0 Å². The van der Waals surface area contributed by atoms with Gasteiger partial charge in [-0.2, -0.15) is 0 Å². The fourth-order valence-corrected chi connectivity index (χ4v) is 4.78. The van der Waals surface area contributed by atoms with Crippen molar-refractivity contribution in [1.29, 1.82) is 0 Å².